The summed E-state index contributed by atoms with van der Waals surface area (Å²) in [5.74, 6) is 0. The van der Waals surface area contributed by atoms with Gasteiger partial charge >= 0.3 is 0 Å². The molecule has 1 N–H and O–H groups in total. The van der Waals surface area contributed by atoms with Crippen molar-refractivity contribution in [3.63, 3.8) is 0 Å². The first kappa shape index (κ1) is 17.1. The third kappa shape index (κ3) is 4.23. The zero-order valence-corrected chi connectivity index (χ0v) is 15.9. The van der Waals surface area contributed by atoms with E-state index in [2.05, 4.69) is 63.8 Å². The fourth-order valence-electron chi connectivity index (χ4n) is 3.30. The lowest BCUT2D eigenvalue weighted by atomic mass is 10.2. The minimum Gasteiger partial charge on any atom is -0.369 e. The van der Waals surface area contributed by atoms with Gasteiger partial charge in [0.05, 0.1) is 5.69 Å². The van der Waals surface area contributed by atoms with Gasteiger partial charge in [-0.05, 0) is 36.8 Å². The van der Waals surface area contributed by atoms with E-state index in [4.69, 9.17) is 4.98 Å². The maximum atomic E-state index is 4.74. The summed E-state index contributed by atoms with van der Waals surface area (Å²) in [6, 6.07) is 19.0. The summed E-state index contributed by atoms with van der Waals surface area (Å²) in [5, 5.41) is 6.50. The zero-order valence-electron chi connectivity index (χ0n) is 15.1. The van der Waals surface area contributed by atoms with Crippen LogP contribution in [0, 0.1) is 6.92 Å². The molecule has 0 saturated carbocycles. The molecular formula is C21H24N4S. The normalized spacial score (nSPS) is 15.2. The van der Waals surface area contributed by atoms with Gasteiger partial charge in [-0.15, -0.1) is 11.3 Å². The maximum absolute atomic E-state index is 4.74. The quantitative estimate of drug-likeness (QED) is 0.721. The second kappa shape index (κ2) is 7.89. The van der Waals surface area contributed by atoms with Crippen LogP contribution in [-0.2, 0) is 6.54 Å². The van der Waals surface area contributed by atoms with E-state index in [0.29, 0.717) is 0 Å². The first-order valence-corrected chi connectivity index (χ1v) is 9.95. The molecule has 3 aromatic rings. The van der Waals surface area contributed by atoms with Gasteiger partial charge in [-0.1, -0.05) is 30.3 Å². The molecule has 0 amide bonds. The number of hydrogen-bond donors (Lipinski definition) is 1. The molecule has 2 heterocycles. The van der Waals surface area contributed by atoms with Crippen LogP contribution >= 0.6 is 11.3 Å². The van der Waals surface area contributed by atoms with Crippen molar-refractivity contribution in [2.24, 2.45) is 0 Å². The van der Waals surface area contributed by atoms with Gasteiger partial charge < -0.3 is 10.2 Å². The van der Waals surface area contributed by atoms with Gasteiger partial charge in [0.15, 0.2) is 5.13 Å². The Hall–Kier alpha value is -2.37. The highest BCUT2D eigenvalue weighted by Crippen LogP contribution is 2.22. The van der Waals surface area contributed by atoms with Crippen LogP contribution in [0.25, 0.3) is 0 Å². The summed E-state index contributed by atoms with van der Waals surface area (Å²) >= 11 is 1.67. The van der Waals surface area contributed by atoms with Gasteiger partial charge in [0.2, 0.25) is 0 Å². The molecule has 0 bridgehead atoms. The van der Waals surface area contributed by atoms with Gasteiger partial charge in [0.1, 0.15) is 0 Å². The summed E-state index contributed by atoms with van der Waals surface area (Å²) in [6.45, 7) is 7.38. The molecule has 0 radical (unpaired) electrons. The number of para-hydroxylation sites is 1. The van der Waals surface area contributed by atoms with Gasteiger partial charge in [-0.25, -0.2) is 4.98 Å². The molecule has 4 nitrogen and oxygen atoms in total. The summed E-state index contributed by atoms with van der Waals surface area (Å²) in [4.78, 5) is 9.71. The van der Waals surface area contributed by atoms with Crippen LogP contribution in [0.15, 0.2) is 60.0 Å². The highest BCUT2D eigenvalue weighted by atomic mass is 32.1. The Morgan fingerprint density at radius 3 is 2.58 bits per heavy atom. The first-order chi connectivity index (χ1) is 12.8. The van der Waals surface area contributed by atoms with Crippen molar-refractivity contribution in [1.82, 2.24) is 9.88 Å². The molecule has 0 atom stereocenters. The Balaban J connectivity index is 1.31. The monoisotopic (exact) mass is 364 g/mol. The fraction of sp³-hybridized carbons (Fsp3) is 0.286. The number of rotatable bonds is 5. The third-order valence-electron chi connectivity index (χ3n) is 4.70. The van der Waals surface area contributed by atoms with Crippen molar-refractivity contribution in [1.29, 1.82) is 0 Å². The number of aromatic nitrogens is 1. The minimum atomic E-state index is 0.925. The van der Waals surface area contributed by atoms with Crippen LogP contribution in [0.1, 0.15) is 11.3 Å². The second-order valence-electron chi connectivity index (χ2n) is 6.74. The van der Waals surface area contributed by atoms with Crippen LogP contribution < -0.4 is 10.2 Å². The minimum absolute atomic E-state index is 0.925. The highest BCUT2D eigenvalue weighted by Gasteiger charge is 2.18. The van der Waals surface area contributed by atoms with Crippen LogP contribution in [0.4, 0.5) is 16.5 Å². The molecule has 1 saturated heterocycles. The van der Waals surface area contributed by atoms with Gasteiger partial charge in [-0.3, -0.25) is 4.90 Å². The van der Waals surface area contributed by atoms with E-state index in [-0.39, 0.29) is 0 Å². The number of benzene rings is 2. The Kier molecular flexibility index (Phi) is 5.18. The lowest BCUT2D eigenvalue weighted by molar-refractivity contribution is 0.247. The Morgan fingerprint density at radius 2 is 1.81 bits per heavy atom. The summed E-state index contributed by atoms with van der Waals surface area (Å²) < 4.78 is 0. The first-order valence-electron chi connectivity index (χ1n) is 9.07. The number of aryl methyl sites for hydroxylation is 1. The number of anilines is 3. The predicted molar refractivity (Wildman–Crippen MR) is 111 cm³/mol. The molecule has 0 aliphatic carbocycles. The van der Waals surface area contributed by atoms with Crippen LogP contribution in [0.5, 0.6) is 0 Å². The number of piperazine rings is 1. The zero-order chi connectivity index (χ0) is 17.8. The highest BCUT2D eigenvalue weighted by molar-refractivity contribution is 7.13. The predicted octanol–water partition coefficient (Wildman–Crippen LogP) is 4.52. The topological polar surface area (TPSA) is 31.4 Å². The van der Waals surface area contributed by atoms with Crippen molar-refractivity contribution >= 4 is 27.8 Å². The molecule has 1 aliphatic rings. The van der Waals surface area contributed by atoms with E-state index >= 15 is 0 Å². The number of nitrogens with zero attached hydrogens (tertiary/aromatic N) is 3. The molecule has 134 valence electrons. The Bertz CT molecular complexity index is 838. The molecule has 0 unspecified atom stereocenters. The second-order valence-corrected chi connectivity index (χ2v) is 7.60. The molecule has 0 spiro atoms. The summed E-state index contributed by atoms with van der Waals surface area (Å²) in [5.41, 5.74) is 4.90. The molecule has 26 heavy (non-hydrogen) atoms. The molecule has 1 aliphatic heterocycles. The maximum Gasteiger partial charge on any atom is 0.187 e. The molecule has 5 heteroatoms. The van der Waals surface area contributed by atoms with E-state index in [1.165, 1.54) is 11.3 Å². The van der Waals surface area contributed by atoms with E-state index in [1.807, 2.05) is 18.2 Å². The smallest absolute Gasteiger partial charge is 0.187 e. The van der Waals surface area contributed by atoms with E-state index in [9.17, 15) is 0 Å². The van der Waals surface area contributed by atoms with E-state index in [0.717, 1.165) is 49.2 Å². The molecule has 4 rings (SSSR count). The lowest BCUT2D eigenvalue weighted by Gasteiger charge is -2.35. The van der Waals surface area contributed by atoms with E-state index in [1.54, 1.807) is 11.3 Å². The Morgan fingerprint density at radius 1 is 1.00 bits per heavy atom. The van der Waals surface area contributed by atoms with Gasteiger partial charge in [-0.2, -0.15) is 0 Å². The van der Waals surface area contributed by atoms with Crippen LogP contribution in [-0.4, -0.2) is 36.1 Å². The van der Waals surface area contributed by atoms with Crippen molar-refractivity contribution in [3.8, 4) is 0 Å². The largest absolute Gasteiger partial charge is 0.369 e. The summed E-state index contributed by atoms with van der Waals surface area (Å²) in [6.07, 6.45) is 0. The average molecular weight is 365 g/mol. The van der Waals surface area contributed by atoms with Crippen molar-refractivity contribution in [3.05, 3.63) is 71.2 Å². The summed E-state index contributed by atoms with van der Waals surface area (Å²) in [7, 11) is 0. The lowest BCUT2D eigenvalue weighted by Crippen LogP contribution is -2.46. The fourth-order valence-corrected chi connectivity index (χ4v) is 4.02. The molecule has 1 aromatic heterocycles. The average Bonchev–Trinajstić information content (AvgIpc) is 3.10. The molecule has 1 fully saturated rings. The molecule has 2 aromatic carbocycles. The van der Waals surface area contributed by atoms with Crippen LogP contribution in [0.2, 0.25) is 0 Å². The Labute approximate surface area is 159 Å². The molecular weight excluding hydrogens is 340 g/mol. The van der Waals surface area contributed by atoms with Gasteiger partial charge in [0.25, 0.3) is 0 Å². The third-order valence-corrected chi connectivity index (χ3v) is 5.51. The SMILES string of the molecule is Cc1cccc(N2CCN(Cc3csc(Nc4ccccc4)n3)CC2)c1. The number of nitrogens with one attached hydrogen (secondary N) is 1. The van der Waals surface area contributed by atoms with Crippen molar-refractivity contribution < 1.29 is 0 Å². The van der Waals surface area contributed by atoms with Crippen molar-refractivity contribution in [2.75, 3.05) is 36.4 Å². The van der Waals surface area contributed by atoms with Crippen molar-refractivity contribution in [2.45, 2.75) is 13.5 Å². The van der Waals surface area contributed by atoms with E-state index < -0.39 is 0 Å². The van der Waals surface area contributed by atoms with Gasteiger partial charge in [0, 0.05) is 49.5 Å². The standard InChI is InChI=1S/C21H24N4S/c1-17-6-5-9-20(14-17)25-12-10-24(11-13-25)15-19-16-26-21(23-19)22-18-7-3-2-4-8-18/h2-9,14,16H,10-13,15H2,1H3,(H,22,23). The number of thiazole rings is 1. The number of hydrogen-bond acceptors (Lipinski definition) is 5. The van der Waals surface area contributed by atoms with Crippen LogP contribution in [0.3, 0.4) is 0 Å².